The van der Waals surface area contributed by atoms with Crippen molar-refractivity contribution in [3.63, 3.8) is 0 Å². The molecule has 90 valence electrons. The first-order chi connectivity index (χ1) is 7.75. The van der Waals surface area contributed by atoms with Gasteiger partial charge in [-0.05, 0) is 39.2 Å². The van der Waals surface area contributed by atoms with Gasteiger partial charge >= 0.3 is 0 Å². The highest BCUT2D eigenvalue weighted by molar-refractivity contribution is 7.11. The highest BCUT2D eigenvalue weighted by Gasteiger charge is 2.13. The molecule has 1 saturated heterocycles. The van der Waals surface area contributed by atoms with Gasteiger partial charge in [0.05, 0.1) is 18.9 Å². The Kier molecular flexibility index (Phi) is 4.32. The number of rotatable bonds is 4. The molecule has 1 unspecified atom stereocenters. The van der Waals surface area contributed by atoms with E-state index in [1.54, 1.807) is 11.3 Å². The second-order valence-corrected chi connectivity index (χ2v) is 5.76. The third kappa shape index (κ3) is 3.27. The Morgan fingerprint density at radius 2 is 2.38 bits per heavy atom. The van der Waals surface area contributed by atoms with Crippen molar-refractivity contribution < 1.29 is 4.74 Å². The Labute approximate surface area is 101 Å². The van der Waals surface area contributed by atoms with Gasteiger partial charge in [-0.25, -0.2) is 4.98 Å². The van der Waals surface area contributed by atoms with Crippen molar-refractivity contribution in [3.8, 4) is 0 Å². The first kappa shape index (κ1) is 12.0. The van der Waals surface area contributed by atoms with Gasteiger partial charge in [-0.1, -0.05) is 0 Å². The van der Waals surface area contributed by atoms with Crippen LogP contribution >= 0.6 is 11.3 Å². The second-order valence-electron chi connectivity index (χ2n) is 4.48. The number of thiazole rings is 1. The van der Waals surface area contributed by atoms with Crippen molar-refractivity contribution in [2.24, 2.45) is 5.92 Å². The highest BCUT2D eigenvalue weighted by atomic mass is 32.1. The highest BCUT2D eigenvalue weighted by Crippen LogP contribution is 2.18. The summed E-state index contributed by atoms with van der Waals surface area (Å²) in [6, 6.07) is 0. The van der Waals surface area contributed by atoms with Crippen molar-refractivity contribution in [1.82, 2.24) is 10.3 Å². The zero-order valence-electron chi connectivity index (χ0n) is 10.1. The van der Waals surface area contributed by atoms with Crippen LogP contribution in [0, 0.1) is 19.8 Å². The van der Waals surface area contributed by atoms with Crippen LogP contribution in [0.5, 0.6) is 0 Å². The third-order valence-electron chi connectivity index (χ3n) is 3.05. The zero-order chi connectivity index (χ0) is 11.4. The Balaban J connectivity index is 1.71. The Bertz CT molecular complexity index is 312. The minimum Gasteiger partial charge on any atom is -0.374 e. The molecule has 0 radical (unpaired) electrons. The van der Waals surface area contributed by atoms with Crippen LogP contribution in [0.1, 0.15) is 28.4 Å². The predicted octanol–water partition coefficient (Wildman–Crippen LogP) is 2.28. The van der Waals surface area contributed by atoms with Crippen LogP contribution < -0.4 is 5.32 Å². The Hall–Kier alpha value is -0.450. The molecule has 1 atom stereocenters. The molecule has 2 rings (SSSR count). The lowest BCUT2D eigenvalue weighted by Gasteiger charge is -2.22. The van der Waals surface area contributed by atoms with E-state index in [4.69, 9.17) is 4.74 Å². The van der Waals surface area contributed by atoms with Gasteiger partial charge in [0.1, 0.15) is 5.01 Å². The summed E-state index contributed by atoms with van der Waals surface area (Å²) in [4.78, 5) is 5.77. The van der Waals surface area contributed by atoms with E-state index in [0.29, 0.717) is 12.5 Å². The molecular formula is C12H20N2OS. The first-order valence-electron chi connectivity index (χ1n) is 5.97. The summed E-state index contributed by atoms with van der Waals surface area (Å²) < 4.78 is 5.74. The molecule has 0 amide bonds. The van der Waals surface area contributed by atoms with Gasteiger partial charge in [-0.2, -0.15) is 0 Å². The topological polar surface area (TPSA) is 34.1 Å². The normalized spacial score (nSPS) is 21.2. The average Bonchev–Trinajstić information content (AvgIpc) is 2.60. The number of hydrogen-bond donors (Lipinski definition) is 1. The molecule has 3 nitrogen and oxygen atoms in total. The second kappa shape index (κ2) is 5.75. The minimum absolute atomic E-state index is 0.676. The van der Waals surface area contributed by atoms with E-state index in [2.05, 4.69) is 24.1 Å². The number of nitrogens with one attached hydrogen (secondary N) is 1. The van der Waals surface area contributed by atoms with E-state index < -0.39 is 0 Å². The number of aromatic nitrogens is 1. The standard InChI is InChI=1S/C12H20N2OS/c1-9-10(2)16-12(14-9)8-15-7-11-4-3-5-13-6-11/h11,13H,3-8H2,1-2H3. The largest absolute Gasteiger partial charge is 0.374 e. The molecule has 0 aliphatic carbocycles. The van der Waals surface area contributed by atoms with Crippen LogP contribution in [0.2, 0.25) is 0 Å². The molecule has 1 fully saturated rings. The number of ether oxygens (including phenoxy) is 1. The molecule has 4 heteroatoms. The molecular weight excluding hydrogens is 220 g/mol. The fourth-order valence-electron chi connectivity index (χ4n) is 1.98. The fourth-order valence-corrected chi connectivity index (χ4v) is 2.85. The molecule has 1 aromatic rings. The summed E-state index contributed by atoms with van der Waals surface area (Å²) in [6.45, 7) is 7.99. The van der Waals surface area contributed by atoms with Gasteiger partial charge in [-0.15, -0.1) is 11.3 Å². The summed E-state index contributed by atoms with van der Waals surface area (Å²) >= 11 is 1.75. The average molecular weight is 240 g/mol. The van der Waals surface area contributed by atoms with Crippen molar-refractivity contribution >= 4 is 11.3 Å². The van der Waals surface area contributed by atoms with E-state index in [1.165, 1.54) is 24.3 Å². The number of aryl methyl sites for hydroxylation is 2. The maximum absolute atomic E-state index is 5.74. The molecule has 0 spiro atoms. The van der Waals surface area contributed by atoms with E-state index >= 15 is 0 Å². The van der Waals surface area contributed by atoms with Crippen LogP contribution in [0.15, 0.2) is 0 Å². The van der Waals surface area contributed by atoms with Crippen LogP contribution in [-0.4, -0.2) is 24.7 Å². The third-order valence-corrected chi connectivity index (χ3v) is 4.10. The summed E-state index contributed by atoms with van der Waals surface area (Å²) in [7, 11) is 0. The predicted molar refractivity (Wildman–Crippen MR) is 66.8 cm³/mol. The van der Waals surface area contributed by atoms with Gasteiger partial charge in [0.15, 0.2) is 0 Å². The molecule has 1 aliphatic heterocycles. The number of piperidine rings is 1. The smallest absolute Gasteiger partial charge is 0.119 e. The lowest BCUT2D eigenvalue weighted by molar-refractivity contribution is 0.0781. The van der Waals surface area contributed by atoms with E-state index in [-0.39, 0.29) is 0 Å². The molecule has 1 aliphatic rings. The van der Waals surface area contributed by atoms with Gasteiger partial charge in [0, 0.05) is 11.4 Å². The number of hydrogen-bond acceptors (Lipinski definition) is 4. The Morgan fingerprint density at radius 1 is 1.50 bits per heavy atom. The van der Waals surface area contributed by atoms with Gasteiger partial charge in [0.2, 0.25) is 0 Å². The van der Waals surface area contributed by atoms with Gasteiger partial charge in [-0.3, -0.25) is 0 Å². The molecule has 1 N–H and O–H groups in total. The van der Waals surface area contributed by atoms with Crippen LogP contribution in [0.4, 0.5) is 0 Å². The monoisotopic (exact) mass is 240 g/mol. The first-order valence-corrected chi connectivity index (χ1v) is 6.78. The van der Waals surface area contributed by atoms with Crippen LogP contribution in [-0.2, 0) is 11.3 Å². The van der Waals surface area contributed by atoms with Gasteiger partial charge in [0.25, 0.3) is 0 Å². The molecule has 0 bridgehead atoms. The lowest BCUT2D eigenvalue weighted by atomic mass is 10.0. The summed E-state index contributed by atoms with van der Waals surface area (Å²) in [6.07, 6.45) is 2.58. The zero-order valence-corrected chi connectivity index (χ0v) is 10.9. The SMILES string of the molecule is Cc1nc(COCC2CCCNC2)sc1C. The van der Waals surface area contributed by atoms with E-state index in [0.717, 1.165) is 23.9 Å². The van der Waals surface area contributed by atoms with Crippen LogP contribution in [0.25, 0.3) is 0 Å². The fraction of sp³-hybridized carbons (Fsp3) is 0.750. The van der Waals surface area contributed by atoms with E-state index in [1.807, 2.05) is 0 Å². The summed E-state index contributed by atoms with van der Waals surface area (Å²) in [5.74, 6) is 0.691. The van der Waals surface area contributed by atoms with Gasteiger partial charge < -0.3 is 10.1 Å². The molecule has 0 aromatic carbocycles. The molecule has 16 heavy (non-hydrogen) atoms. The summed E-state index contributed by atoms with van der Waals surface area (Å²) in [5, 5.41) is 4.51. The number of nitrogens with zero attached hydrogens (tertiary/aromatic N) is 1. The summed E-state index contributed by atoms with van der Waals surface area (Å²) in [5.41, 5.74) is 1.14. The lowest BCUT2D eigenvalue weighted by Crippen LogP contribution is -2.32. The van der Waals surface area contributed by atoms with Crippen molar-refractivity contribution in [3.05, 3.63) is 15.6 Å². The molecule has 2 heterocycles. The van der Waals surface area contributed by atoms with Crippen LogP contribution in [0.3, 0.4) is 0 Å². The van der Waals surface area contributed by atoms with Crippen molar-refractivity contribution in [2.75, 3.05) is 19.7 Å². The Morgan fingerprint density at radius 3 is 3.00 bits per heavy atom. The van der Waals surface area contributed by atoms with E-state index in [9.17, 15) is 0 Å². The maximum atomic E-state index is 5.74. The maximum Gasteiger partial charge on any atom is 0.119 e. The molecule has 1 aromatic heterocycles. The quantitative estimate of drug-likeness (QED) is 0.876. The molecule has 0 saturated carbocycles. The minimum atomic E-state index is 0.676. The van der Waals surface area contributed by atoms with Crippen molar-refractivity contribution in [1.29, 1.82) is 0 Å². The van der Waals surface area contributed by atoms with Crippen molar-refractivity contribution in [2.45, 2.75) is 33.3 Å².